The number of carbonyl (C=O) groups excluding carboxylic acids is 1. The third-order valence-electron chi connectivity index (χ3n) is 3.75. The maximum absolute atomic E-state index is 12.4. The van der Waals surface area contributed by atoms with E-state index in [4.69, 9.17) is 21.4 Å². The molecular weight excluding hydrogens is 372 g/mol. The molecule has 0 aliphatic rings. The number of nitro benzene ring substituents is 1. The number of thiocarbonyl (C=S) groups is 1. The third-order valence-corrected chi connectivity index (χ3v) is 4.09. The van der Waals surface area contributed by atoms with Crippen molar-refractivity contribution in [3.05, 3.63) is 80.2 Å². The number of hydrogen-bond donors (Lipinski definition) is 1. The highest BCUT2D eigenvalue weighted by molar-refractivity contribution is 7.80. The van der Waals surface area contributed by atoms with Crippen LogP contribution in [0.3, 0.4) is 0 Å². The van der Waals surface area contributed by atoms with Gasteiger partial charge in [0.05, 0.1) is 12.0 Å². The molecule has 1 heterocycles. The molecular formula is C18H12N2O6S. The van der Waals surface area contributed by atoms with Crippen LogP contribution in [-0.2, 0) is 0 Å². The van der Waals surface area contributed by atoms with Gasteiger partial charge in [-0.05, 0) is 36.4 Å². The van der Waals surface area contributed by atoms with Crippen LogP contribution in [0.25, 0.3) is 11.0 Å². The molecule has 136 valence electrons. The Bertz CT molecular complexity index is 1120. The molecule has 0 atom stereocenters. The van der Waals surface area contributed by atoms with Gasteiger partial charge in [0.2, 0.25) is 0 Å². The monoisotopic (exact) mass is 384 g/mol. The van der Waals surface area contributed by atoms with Crippen molar-refractivity contribution in [1.82, 2.24) is 5.32 Å². The van der Waals surface area contributed by atoms with Crippen LogP contribution < -0.4 is 15.7 Å². The van der Waals surface area contributed by atoms with E-state index in [9.17, 15) is 19.7 Å². The number of nitrogens with zero attached hydrogens (tertiary/aromatic N) is 1. The lowest BCUT2D eigenvalue weighted by Crippen LogP contribution is -2.32. The van der Waals surface area contributed by atoms with Crippen LogP contribution in [0, 0.1) is 10.1 Å². The van der Waals surface area contributed by atoms with Crippen LogP contribution in [0.2, 0.25) is 0 Å². The Hall–Kier alpha value is -3.59. The van der Waals surface area contributed by atoms with Gasteiger partial charge in [-0.1, -0.05) is 12.2 Å². The van der Waals surface area contributed by atoms with E-state index in [0.717, 1.165) is 0 Å². The first-order chi connectivity index (χ1) is 12.9. The standard InChI is InChI=1S/C18H12N2O6S/c1-25-13-5-2-10(3-6-13)17(27)19-16(21)14-9-11-8-12(20(23)24)4-7-15(11)26-18(14)22/h2-9H,1H3,(H,19,21,27). The summed E-state index contributed by atoms with van der Waals surface area (Å²) in [4.78, 5) is 34.9. The molecule has 0 fully saturated rings. The van der Waals surface area contributed by atoms with Crippen LogP contribution in [0.4, 0.5) is 5.69 Å². The summed E-state index contributed by atoms with van der Waals surface area (Å²) in [5.74, 6) is -0.136. The molecule has 0 saturated carbocycles. The number of fused-ring (bicyclic) bond motifs is 1. The predicted octanol–water partition coefficient (Wildman–Crippen LogP) is 2.82. The molecule has 8 nitrogen and oxygen atoms in total. The average molecular weight is 384 g/mol. The van der Waals surface area contributed by atoms with Gasteiger partial charge in [-0.3, -0.25) is 14.9 Å². The van der Waals surface area contributed by atoms with Crippen molar-refractivity contribution in [2.75, 3.05) is 7.11 Å². The minimum atomic E-state index is -0.869. The summed E-state index contributed by atoms with van der Waals surface area (Å²) in [5, 5.41) is 13.6. The Balaban J connectivity index is 1.89. The molecule has 0 unspecified atom stereocenters. The Morgan fingerprint density at radius 2 is 1.89 bits per heavy atom. The van der Waals surface area contributed by atoms with Gasteiger partial charge in [0, 0.05) is 23.1 Å². The van der Waals surface area contributed by atoms with E-state index in [1.54, 1.807) is 24.3 Å². The van der Waals surface area contributed by atoms with Crippen molar-refractivity contribution in [1.29, 1.82) is 0 Å². The Morgan fingerprint density at radius 1 is 1.19 bits per heavy atom. The number of carbonyl (C=O) groups is 1. The highest BCUT2D eigenvalue weighted by Gasteiger charge is 2.17. The molecule has 1 N–H and O–H groups in total. The number of hydrogen-bond acceptors (Lipinski definition) is 7. The van der Waals surface area contributed by atoms with E-state index in [0.29, 0.717) is 11.3 Å². The second-order valence-corrected chi connectivity index (χ2v) is 5.85. The fourth-order valence-corrected chi connectivity index (χ4v) is 2.60. The van der Waals surface area contributed by atoms with E-state index in [1.165, 1.54) is 31.4 Å². The predicted molar refractivity (Wildman–Crippen MR) is 101 cm³/mol. The maximum atomic E-state index is 12.4. The molecule has 1 amide bonds. The highest BCUT2D eigenvalue weighted by Crippen LogP contribution is 2.20. The first-order valence-corrected chi connectivity index (χ1v) is 8.02. The summed E-state index contributed by atoms with van der Waals surface area (Å²) in [6.07, 6.45) is 0. The highest BCUT2D eigenvalue weighted by atomic mass is 32.1. The number of nitro groups is 1. The molecule has 0 aliphatic carbocycles. The van der Waals surface area contributed by atoms with E-state index >= 15 is 0 Å². The number of rotatable bonds is 4. The van der Waals surface area contributed by atoms with Crippen molar-refractivity contribution in [2.24, 2.45) is 0 Å². The van der Waals surface area contributed by atoms with Crippen LogP contribution in [0.15, 0.2) is 57.7 Å². The Morgan fingerprint density at radius 3 is 2.52 bits per heavy atom. The minimum absolute atomic E-state index is 0.112. The van der Waals surface area contributed by atoms with Gasteiger partial charge in [0.25, 0.3) is 11.6 Å². The van der Waals surface area contributed by atoms with Gasteiger partial charge in [0.1, 0.15) is 21.9 Å². The first-order valence-electron chi connectivity index (χ1n) is 7.61. The lowest BCUT2D eigenvalue weighted by Gasteiger charge is -2.08. The second-order valence-electron chi connectivity index (χ2n) is 5.44. The van der Waals surface area contributed by atoms with Crippen LogP contribution in [0.1, 0.15) is 15.9 Å². The summed E-state index contributed by atoms with van der Waals surface area (Å²) >= 11 is 5.18. The smallest absolute Gasteiger partial charge is 0.349 e. The second kappa shape index (κ2) is 7.34. The van der Waals surface area contributed by atoms with E-state index in [-0.39, 0.29) is 27.2 Å². The fraction of sp³-hybridized carbons (Fsp3) is 0.0556. The third kappa shape index (κ3) is 3.82. The summed E-state index contributed by atoms with van der Waals surface area (Å²) in [6, 6.07) is 11.6. The lowest BCUT2D eigenvalue weighted by atomic mass is 10.1. The number of non-ortho nitro benzene ring substituents is 1. The summed E-state index contributed by atoms with van der Waals surface area (Å²) in [5.41, 5.74) is -0.665. The van der Waals surface area contributed by atoms with Crippen molar-refractivity contribution in [3.63, 3.8) is 0 Å². The minimum Gasteiger partial charge on any atom is -0.497 e. The van der Waals surface area contributed by atoms with Crippen molar-refractivity contribution in [2.45, 2.75) is 0 Å². The SMILES string of the molecule is COc1ccc(C(=S)NC(=O)c2cc3cc([N+](=O)[O-])ccc3oc2=O)cc1. The van der Waals surface area contributed by atoms with Gasteiger partial charge < -0.3 is 14.5 Å². The van der Waals surface area contributed by atoms with Gasteiger partial charge >= 0.3 is 5.63 Å². The van der Waals surface area contributed by atoms with Crippen molar-refractivity contribution < 1.29 is 18.9 Å². The number of ether oxygens (including phenoxy) is 1. The molecule has 0 aliphatic heterocycles. The molecule has 9 heteroatoms. The van der Waals surface area contributed by atoms with Gasteiger partial charge in [-0.25, -0.2) is 4.79 Å². The largest absolute Gasteiger partial charge is 0.497 e. The van der Waals surface area contributed by atoms with Gasteiger partial charge in [-0.2, -0.15) is 0 Å². The molecule has 0 bridgehead atoms. The van der Waals surface area contributed by atoms with Crippen LogP contribution >= 0.6 is 12.2 Å². The molecule has 3 aromatic rings. The number of methoxy groups -OCH3 is 1. The van der Waals surface area contributed by atoms with Crippen molar-refractivity contribution >= 4 is 39.8 Å². The zero-order valence-electron chi connectivity index (χ0n) is 13.9. The van der Waals surface area contributed by atoms with Crippen LogP contribution in [-0.4, -0.2) is 22.9 Å². The summed E-state index contributed by atoms with van der Waals surface area (Å²) in [7, 11) is 1.53. The van der Waals surface area contributed by atoms with Crippen molar-refractivity contribution in [3.8, 4) is 5.75 Å². The summed E-state index contributed by atoms with van der Waals surface area (Å²) < 4.78 is 10.1. The number of nitrogens with one attached hydrogen (secondary N) is 1. The fourth-order valence-electron chi connectivity index (χ4n) is 2.37. The van der Waals surface area contributed by atoms with Gasteiger partial charge in [-0.15, -0.1) is 0 Å². The lowest BCUT2D eigenvalue weighted by molar-refractivity contribution is -0.384. The van der Waals surface area contributed by atoms with E-state index < -0.39 is 16.5 Å². The zero-order valence-corrected chi connectivity index (χ0v) is 14.7. The Kier molecular flexibility index (Phi) is 4.95. The molecule has 2 aromatic carbocycles. The van der Waals surface area contributed by atoms with Gasteiger partial charge in [0.15, 0.2) is 0 Å². The number of amides is 1. The van der Waals surface area contributed by atoms with Crippen LogP contribution in [0.5, 0.6) is 5.75 Å². The number of benzene rings is 2. The zero-order chi connectivity index (χ0) is 19.6. The summed E-state index contributed by atoms with van der Waals surface area (Å²) in [6.45, 7) is 0. The molecule has 0 saturated heterocycles. The topological polar surface area (TPSA) is 112 Å². The average Bonchev–Trinajstić information content (AvgIpc) is 2.66. The molecule has 27 heavy (non-hydrogen) atoms. The normalized spacial score (nSPS) is 10.4. The van der Waals surface area contributed by atoms with E-state index in [2.05, 4.69) is 5.32 Å². The quantitative estimate of drug-likeness (QED) is 0.319. The Labute approximate surface area is 157 Å². The van der Waals surface area contributed by atoms with E-state index in [1.807, 2.05) is 0 Å². The maximum Gasteiger partial charge on any atom is 0.349 e. The first kappa shape index (κ1) is 18.2. The molecule has 0 radical (unpaired) electrons. The molecule has 0 spiro atoms. The molecule has 3 rings (SSSR count). The molecule has 1 aromatic heterocycles.